The van der Waals surface area contributed by atoms with Crippen molar-refractivity contribution in [3.63, 3.8) is 0 Å². The van der Waals surface area contributed by atoms with E-state index >= 15 is 0 Å². The van der Waals surface area contributed by atoms with Crippen LogP contribution in [0.25, 0.3) is 11.2 Å². The molecule has 0 bridgehead atoms. The maximum absolute atomic E-state index is 5.89. The van der Waals surface area contributed by atoms with E-state index in [0.29, 0.717) is 11.9 Å². The number of nitrogen functional groups attached to an aromatic ring is 1. The molecule has 0 amide bonds. The van der Waals surface area contributed by atoms with Gasteiger partial charge < -0.3 is 5.73 Å². The minimum atomic E-state index is 0.542. The fourth-order valence-corrected chi connectivity index (χ4v) is 1.90. The Morgan fingerprint density at radius 2 is 2.07 bits per heavy atom. The monoisotopic (exact) mass is 207 g/mol. The number of imidazole rings is 1. The van der Waals surface area contributed by atoms with Crippen LogP contribution in [0.2, 0.25) is 0 Å². The lowest BCUT2D eigenvalue weighted by Crippen LogP contribution is -2.10. The van der Waals surface area contributed by atoms with Crippen LogP contribution in [0.15, 0.2) is 0 Å². The highest BCUT2D eigenvalue weighted by molar-refractivity contribution is 5.77. The van der Waals surface area contributed by atoms with Gasteiger partial charge in [-0.25, -0.2) is 4.98 Å². The Balaban J connectivity index is 2.66. The highest BCUT2D eigenvalue weighted by Gasteiger charge is 2.15. The molecule has 0 atom stereocenters. The first-order chi connectivity index (χ1) is 7.00. The van der Waals surface area contributed by atoms with E-state index in [4.69, 9.17) is 5.73 Å². The number of hydrogen-bond acceptors (Lipinski definition) is 3. The summed E-state index contributed by atoms with van der Waals surface area (Å²) in [4.78, 5) is 4.34. The molecule has 0 saturated carbocycles. The largest absolute Gasteiger partial charge is 0.369 e. The van der Waals surface area contributed by atoms with Crippen LogP contribution in [-0.2, 0) is 13.6 Å². The summed E-state index contributed by atoms with van der Waals surface area (Å²) < 4.78 is 3.87. The molecular weight excluding hydrogens is 190 g/mol. The van der Waals surface area contributed by atoms with Gasteiger partial charge in [0.2, 0.25) is 5.95 Å². The Hall–Kier alpha value is -1.52. The van der Waals surface area contributed by atoms with Crippen LogP contribution in [0, 0.1) is 12.8 Å². The molecule has 5 nitrogen and oxygen atoms in total. The maximum atomic E-state index is 5.89. The highest BCUT2D eigenvalue weighted by atomic mass is 15.3. The number of nitrogens with two attached hydrogens (primary N) is 1. The van der Waals surface area contributed by atoms with Gasteiger partial charge in [-0.05, 0) is 12.8 Å². The lowest BCUT2D eigenvalue weighted by molar-refractivity contribution is 0.529. The smallest absolute Gasteiger partial charge is 0.202 e. The summed E-state index contributed by atoms with van der Waals surface area (Å²) in [5, 5.41) is 4.34. The second-order valence-electron chi connectivity index (χ2n) is 4.36. The molecule has 5 heteroatoms. The molecule has 2 aromatic heterocycles. The molecule has 0 fully saturated rings. The van der Waals surface area contributed by atoms with Crippen molar-refractivity contribution in [2.75, 3.05) is 5.73 Å². The first-order valence-electron chi connectivity index (χ1n) is 5.16. The van der Waals surface area contributed by atoms with E-state index in [1.165, 1.54) is 0 Å². The lowest BCUT2D eigenvalue weighted by atomic mass is 10.2. The second-order valence-corrected chi connectivity index (χ2v) is 4.36. The zero-order valence-corrected chi connectivity index (χ0v) is 9.65. The van der Waals surface area contributed by atoms with Crippen molar-refractivity contribution in [3.05, 3.63) is 5.69 Å². The molecule has 0 spiro atoms. The minimum absolute atomic E-state index is 0.542. The van der Waals surface area contributed by atoms with E-state index in [1.807, 2.05) is 23.2 Å². The van der Waals surface area contributed by atoms with Gasteiger partial charge >= 0.3 is 0 Å². The van der Waals surface area contributed by atoms with E-state index in [2.05, 4.69) is 23.9 Å². The molecule has 0 aliphatic carbocycles. The van der Waals surface area contributed by atoms with Gasteiger partial charge in [0.25, 0.3) is 0 Å². The molecule has 82 valence electrons. The summed E-state index contributed by atoms with van der Waals surface area (Å²) >= 11 is 0. The third-order valence-corrected chi connectivity index (χ3v) is 2.47. The SMILES string of the molecule is Cc1nn(C)c2c1nc(N)n2CC(C)C. The topological polar surface area (TPSA) is 61.7 Å². The van der Waals surface area contributed by atoms with Crippen molar-refractivity contribution in [1.29, 1.82) is 0 Å². The Kier molecular flexibility index (Phi) is 2.17. The van der Waals surface area contributed by atoms with Crippen LogP contribution >= 0.6 is 0 Å². The van der Waals surface area contributed by atoms with Crippen molar-refractivity contribution < 1.29 is 0 Å². The summed E-state index contributed by atoms with van der Waals surface area (Å²) in [6, 6.07) is 0. The molecule has 2 heterocycles. The molecule has 0 aliphatic heterocycles. The average molecular weight is 207 g/mol. The number of rotatable bonds is 2. The molecule has 2 rings (SSSR count). The van der Waals surface area contributed by atoms with Crippen LogP contribution < -0.4 is 5.73 Å². The predicted octanol–water partition coefficient (Wildman–Crippen LogP) is 1.32. The molecule has 0 saturated heterocycles. The fourth-order valence-electron chi connectivity index (χ4n) is 1.90. The number of aryl methyl sites for hydroxylation is 2. The van der Waals surface area contributed by atoms with Crippen LogP contribution in [0.1, 0.15) is 19.5 Å². The fraction of sp³-hybridized carbons (Fsp3) is 0.600. The number of hydrogen-bond donors (Lipinski definition) is 1. The first kappa shape index (κ1) is 10.0. The van der Waals surface area contributed by atoms with Gasteiger partial charge in [-0.3, -0.25) is 9.25 Å². The Morgan fingerprint density at radius 1 is 1.40 bits per heavy atom. The Morgan fingerprint density at radius 3 is 2.67 bits per heavy atom. The van der Waals surface area contributed by atoms with E-state index in [0.717, 1.165) is 23.4 Å². The number of anilines is 1. The first-order valence-corrected chi connectivity index (χ1v) is 5.16. The van der Waals surface area contributed by atoms with Crippen molar-refractivity contribution in [2.45, 2.75) is 27.3 Å². The summed E-state index contributed by atoms with van der Waals surface area (Å²) in [6.07, 6.45) is 0. The number of fused-ring (bicyclic) bond motifs is 1. The molecule has 0 unspecified atom stereocenters. The molecule has 15 heavy (non-hydrogen) atoms. The van der Waals surface area contributed by atoms with E-state index in [1.54, 1.807) is 0 Å². The normalized spacial score (nSPS) is 11.8. The van der Waals surface area contributed by atoms with Gasteiger partial charge in [0.05, 0.1) is 5.69 Å². The van der Waals surface area contributed by atoms with E-state index < -0.39 is 0 Å². The quantitative estimate of drug-likeness (QED) is 0.807. The Labute approximate surface area is 88.9 Å². The zero-order chi connectivity index (χ0) is 11.2. The number of aromatic nitrogens is 4. The molecule has 2 N–H and O–H groups in total. The summed E-state index contributed by atoms with van der Waals surface area (Å²) in [6.45, 7) is 7.15. The van der Waals surface area contributed by atoms with Gasteiger partial charge in [0.1, 0.15) is 5.52 Å². The maximum Gasteiger partial charge on any atom is 0.202 e. The van der Waals surface area contributed by atoms with Crippen LogP contribution in [0.3, 0.4) is 0 Å². The van der Waals surface area contributed by atoms with Crippen molar-refractivity contribution >= 4 is 17.1 Å². The third-order valence-electron chi connectivity index (χ3n) is 2.47. The van der Waals surface area contributed by atoms with Crippen molar-refractivity contribution in [3.8, 4) is 0 Å². The second kappa shape index (κ2) is 3.25. The van der Waals surface area contributed by atoms with E-state index in [9.17, 15) is 0 Å². The van der Waals surface area contributed by atoms with Crippen LogP contribution in [0.4, 0.5) is 5.95 Å². The van der Waals surface area contributed by atoms with Gasteiger partial charge in [-0.15, -0.1) is 0 Å². The van der Waals surface area contributed by atoms with Crippen LogP contribution in [-0.4, -0.2) is 19.3 Å². The standard InChI is InChI=1S/C10H17N5/c1-6(2)5-15-9-8(12-10(15)11)7(3)13-14(9)4/h6H,5H2,1-4H3,(H2,11,12). The highest BCUT2D eigenvalue weighted by Crippen LogP contribution is 2.21. The lowest BCUT2D eigenvalue weighted by Gasteiger charge is -2.09. The minimum Gasteiger partial charge on any atom is -0.369 e. The zero-order valence-electron chi connectivity index (χ0n) is 9.65. The third kappa shape index (κ3) is 1.48. The molecule has 0 aromatic carbocycles. The molecular formula is C10H17N5. The van der Waals surface area contributed by atoms with Crippen LogP contribution in [0.5, 0.6) is 0 Å². The molecule has 0 aliphatic rings. The number of nitrogens with zero attached hydrogens (tertiary/aromatic N) is 4. The average Bonchev–Trinajstić information content (AvgIpc) is 2.55. The summed E-state index contributed by atoms with van der Waals surface area (Å²) in [5.74, 6) is 1.12. The van der Waals surface area contributed by atoms with Gasteiger partial charge in [-0.1, -0.05) is 13.8 Å². The molecule has 2 aromatic rings. The van der Waals surface area contributed by atoms with E-state index in [-0.39, 0.29) is 0 Å². The predicted molar refractivity (Wildman–Crippen MR) is 60.5 cm³/mol. The van der Waals surface area contributed by atoms with Crippen molar-refractivity contribution in [2.24, 2.45) is 13.0 Å². The molecule has 0 radical (unpaired) electrons. The van der Waals surface area contributed by atoms with Crippen molar-refractivity contribution in [1.82, 2.24) is 19.3 Å². The van der Waals surface area contributed by atoms with Gasteiger partial charge in [0, 0.05) is 13.6 Å². The Bertz CT molecular complexity index is 491. The summed E-state index contributed by atoms with van der Waals surface area (Å²) in [5.41, 5.74) is 8.75. The van der Waals surface area contributed by atoms with Gasteiger partial charge in [-0.2, -0.15) is 5.10 Å². The van der Waals surface area contributed by atoms with Gasteiger partial charge in [0.15, 0.2) is 5.65 Å². The summed E-state index contributed by atoms with van der Waals surface area (Å²) in [7, 11) is 1.92.